The van der Waals surface area contributed by atoms with Crippen LogP contribution in [0.2, 0.25) is 0 Å². The Morgan fingerprint density at radius 1 is 1.85 bits per heavy atom. The first kappa shape index (κ1) is 11.3. The summed E-state index contributed by atoms with van der Waals surface area (Å²) < 4.78 is 4.49. The lowest BCUT2D eigenvalue weighted by atomic mass is 10.5. The van der Waals surface area contributed by atoms with Gasteiger partial charge in [-0.15, -0.1) is 0 Å². The molecule has 1 amide bonds. The second-order valence-electron chi connectivity index (χ2n) is 1.75. The maximum atomic E-state index is 10.7. The van der Waals surface area contributed by atoms with Crippen LogP contribution in [0.15, 0.2) is 5.70 Å². The molecule has 0 saturated carbocycles. The predicted molar refractivity (Wildman–Crippen MR) is 51.2 cm³/mol. The third kappa shape index (κ3) is 4.01. The maximum absolute atomic E-state index is 10.7. The Kier molecular flexibility index (Phi) is 5.12. The number of nitrogens with one attached hydrogen (secondary N) is 1. The van der Waals surface area contributed by atoms with Gasteiger partial charge in [0, 0.05) is 0 Å². The minimum Gasteiger partial charge on any atom is -0.775 e. The first-order valence-electron chi connectivity index (χ1n) is 3.28. The largest absolute Gasteiger partial charge is 0.775 e. The zero-order chi connectivity index (χ0) is 10.3. The third-order valence-electron chi connectivity index (χ3n) is 0.924. The van der Waals surface area contributed by atoms with Crippen LogP contribution < -0.4 is 5.32 Å². The Labute approximate surface area is 80.7 Å². The van der Waals surface area contributed by atoms with Gasteiger partial charge in [-0.25, -0.2) is 9.64 Å². The molecule has 0 unspecified atom stereocenters. The van der Waals surface area contributed by atoms with E-state index in [4.69, 9.17) is 12.0 Å². The van der Waals surface area contributed by atoms with Crippen molar-refractivity contribution in [2.75, 3.05) is 6.61 Å². The average Bonchev–Trinajstić information content (AvgIpc) is 2.06. The molecule has 0 aliphatic carbocycles. The van der Waals surface area contributed by atoms with E-state index in [2.05, 4.69) is 27.1 Å². The molecule has 0 fully saturated rings. The highest BCUT2D eigenvalue weighted by Gasteiger charge is 2.07. The first-order valence-corrected chi connectivity index (χ1v) is 3.69. The summed E-state index contributed by atoms with van der Waals surface area (Å²) in [4.78, 5) is 13.3. The van der Waals surface area contributed by atoms with Crippen LogP contribution in [-0.4, -0.2) is 23.6 Å². The van der Waals surface area contributed by atoms with Crippen LogP contribution in [0.3, 0.4) is 0 Å². The molecule has 0 aromatic rings. The van der Waals surface area contributed by atoms with Crippen LogP contribution >= 0.6 is 12.2 Å². The van der Waals surface area contributed by atoms with Gasteiger partial charge in [-0.2, -0.15) is 0 Å². The lowest BCUT2D eigenvalue weighted by Gasteiger charge is -2.04. The zero-order valence-corrected chi connectivity index (χ0v) is 7.64. The predicted octanol–water partition coefficient (Wildman–Crippen LogP) is 1.10. The van der Waals surface area contributed by atoms with Crippen molar-refractivity contribution in [2.24, 2.45) is 0 Å². The molecule has 1 N–H and O–H groups in total. The van der Waals surface area contributed by atoms with E-state index < -0.39 is 6.09 Å². The van der Waals surface area contributed by atoms with Crippen molar-refractivity contribution in [1.29, 1.82) is 0 Å². The van der Waals surface area contributed by atoms with Gasteiger partial charge >= 0.3 is 6.09 Å². The van der Waals surface area contributed by atoms with Crippen molar-refractivity contribution in [2.45, 2.75) is 6.92 Å². The van der Waals surface area contributed by atoms with Gasteiger partial charge in [-0.3, -0.25) is 11.2 Å². The number of carbonyl (C=O) groups is 1. The van der Waals surface area contributed by atoms with Gasteiger partial charge in [0.1, 0.15) is 4.99 Å². The minimum absolute atomic E-state index is 0.203. The molecule has 0 aromatic heterocycles. The Morgan fingerprint density at radius 2 is 2.46 bits per heavy atom. The van der Waals surface area contributed by atoms with Gasteiger partial charge in [0.25, 0.3) is 0 Å². The SMILES string of the molecule is [C-]#[N+]C(=C=[N-])C(=S)NC(=O)OCC. The molecule has 0 aliphatic heterocycles. The fraction of sp³-hybridized carbons (Fsp3) is 0.286. The first-order chi connectivity index (χ1) is 6.15. The molecule has 0 heterocycles. The highest BCUT2D eigenvalue weighted by Crippen LogP contribution is 1.93. The molecule has 0 bridgehead atoms. The summed E-state index contributed by atoms with van der Waals surface area (Å²) in [5.74, 6) is 1.55. The Bertz CT molecular complexity index is 312. The van der Waals surface area contributed by atoms with Gasteiger partial charge in [-0.1, -0.05) is 12.2 Å². The van der Waals surface area contributed by atoms with Crippen LogP contribution in [0.1, 0.15) is 6.92 Å². The van der Waals surface area contributed by atoms with Crippen molar-refractivity contribution < 1.29 is 9.53 Å². The molecule has 0 aromatic carbocycles. The summed E-state index contributed by atoms with van der Waals surface area (Å²) in [6, 6.07) is 0. The quantitative estimate of drug-likeness (QED) is 0.311. The van der Waals surface area contributed by atoms with E-state index in [1.165, 1.54) is 0 Å². The number of thiocarbonyl (C=S) groups is 1. The molecule has 5 nitrogen and oxygen atoms in total. The van der Waals surface area contributed by atoms with Gasteiger partial charge < -0.3 is 10.1 Å². The zero-order valence-electron chi connectivity index (χ0n) is 6.83. The van der Waals surface area contributed by atoms with Crippen LogP contribution in [0.25, 0.3) is 10.3 Å². The molecule has 6 heteroatoms. The van der Waals surface area contributed by atoms with E-state index in [0.29, 0.717) is 0 Å². The van der Waals surface area contributed by atoms with Crippen molar-refractivity contribution in [3.05, 3.63) is 22.5 Å². The molecule has 13 heavy (non-hydrogen) atoms. The Hall–Kier alpha value is -1.70. The van der Waals surface area contributed by atoms with Gasteiger partial charge in [0.15, 0.2) is 0 Å². The summed E-state index contributed by atoms with van der Waals surface area (Å²) in [5, 5.41) is 10.4. The van der Waals surface area contributed by atoms with Crippen LogP contribution in [0, 0.1) is 6.57 Å². The second-order valence-corrected chi connectivity index (χ2v) is 2.16. The summed E-state index contributed by atoms with van der Waals surface area (Å²) in [6.45, 7) is 8.36. The molecule has 68 valence electrons. The summed E-state index contributed by atoms with van der Waals surface area (Å²) in [6.07, 6.45) is -0.760. The van der Waals surface area contributed by atoms with Crippen molar-refractivity contribution >= 4 is 29.2 Å². The number of nitrogens with zero attached hydrogens (tertiary/aromatic N) is 2. The molecule has 0 saturated heterocycles. The molecule has 0 aliphatic rings. The third-order valence-corrected chi connectivity index (χ3v) is 1.22. The van der Waals surface area contributed by atoms with E-state index in [1.54, 1.807) is 12.8 Å². The maximum Gasteiger partial charge on any atom is 0.411 e. The smallest absolute Gasteiger partial charge is 0.411 e. The fourth-order valence-corrected chi connectivity index (χ4v) is 0.620. The number of carbonyl (C=O) groups excluding carboxylic acids is 1. The Morgan fingerprint density at radius 3 is 2.85 bits per heavy atom. The number of amides is 1. The molecule has 0 radical (unpaired) electrons. The topological polar surface area (TPSA) is 65.0 Å². The Balaban J connectivity index is 4.25. The molecule has 0 atom stereocenters. The van der Waals surface area contributed by atoms with Gasteiger partial charge in [0.05, 0.1) is 13.2 Å². The lowest BCUT2D eigenvalue weighted by Crippen LogP contribution is -2.30. The van der Waals surface area contributed by atoms with Crippen LogP contribution in [-0.2, 0) is 4.74 Å². The minimum atomic E-state index is -0.760. The molecule has 0 spiro atoms. The monoisotopic (exact) mass is 196 g/mol. The molecule has 0 rings (SSSR count). The van der Waals surface area contributed by atoms with Gasteiger partial charge in [0.2, 0.25) is 5.70 Å². The summed E-state index contributed by atoms with van der Waals surface area (Å²) in [5.41, 5.74) is -0.331. The standard InChI is InChI=1S/C7H6N3O2S/c1-3-12-7(11)10-6(13)5(4-8)9-2/h3H2,1H3,(H,10,11,13)/q-1. The van der Waals surface area contributed by atoms with E-state index in [9.17, 15) is 4.79 Å². The second kappa shape index (κ2) is 5.89. The van der Waals surface area contributed by atoms with Gasteiger partial charge in [-0.05, 0) is 6.92 Å². The molecular formula is C7H6N3O2S-. The number of alkyl carbamates (subject to hydrolysis) is 1. The number of rotatable bonds is 2. The van der Waals surface area contributed by atoms with Crippen LogP contribution in [0.4, 0.5) is 4.79 Å². The number of ether oxygens (including phenoxy) is 1. The summed E-state index contributed by atoms with van der Waals surface area (Å²) >= 11 is 4.58. The molecular weight excluding hydrogens is 190 g/mol. The highest BCUT2D eigenvalue weighted by molar-refractivity contribution is 7.80. The summed E-state index contributed by atoms with van der Waals surface area (Å²) in [7, 11) is 0. The van der Waals surface area contributed by atoms with E-state index >= 15 is 0 Å². The lowest BCUT2D eigenvalue weighted by molar-refractivity contribution is 0.158. The normalized spacial score (nSPS) is 7.69. The average molecular weight is 196 g/mol. The fourth-order valence-electron chi connectivity index (χ4n) is 0.446. The highest BCUT2D eigenvalue weighted by atomic mass is 32.1. The number of hydrogen-bond acceptors (Lipinski definition) is 3. The number of hydrogen-bond donors (Lipinski definition) is 1. The van der Waals surface area contributed by atoms with E-state index in [1.807, 2.05) is 0 Å². The van der Waals surface area contributed by atoms with Crippen LogP contribution in [0.5, 0.6) is 0 Å². The van der Waals surface area contributed by atoms with Crippen molar-refractivity contribution in [1.82, 2.24) is 5.32 Å². The van der Waals surface area contributed by atoms with Crippen molar-refractivity contribution in [3.63, 3.8) is 0 Å². The van der Waals surface area contributed by atoms with Crippen molar-refractivity contribution in [3.8, 4) is 0 Å². The van der Waals surface area contributed by atoms with E-state index in [-0.39, 0.29) is 17.3 Å². The van der Waals surface area contributed by atoms with E-state index in [0.717, 1.165) is 0 Å².